The van der Waals surface area contributed by atoms with Crippen molar-refractivity contribution < 1.29 is 29.3 Å². The van der Waals surface area contributed by atoms with Crippen LogP contribution in [0.1, 0.15) is 181 Å². The molecular formula is C43H76O6. The Morgan fingerprint density at radius 2 is 1.08 bits per heavy atom. The summed E-state index contributed by atoms with van der Waals surface area (Å²) in [6.07, 6.45) is 42.0. The third kappa shape index (κ3) is 38.5. The monoisotopic (exact) mass is 689 g/mol. The van der Waals surface area contributed by atoms with Gasteiger partial charge in [0, 0.05) is 12.8 Å². The summed E-state index contributed by atoms with van der Waals surface area (Å²) in [7, 11) is 0. The van der Waals surface area contributed by atoms with Gasteiger partial charge in [0.15, 0.2) is 0 Å². The molecule has 1 unspecified atom stereocenters. The van der Waals surface area contributed by atoms with Crippen LogP contribution in [-0.4, -0.2) is 47.6 Å². The number of hydrogen-bond acceptors (Lipinski definition) is 6. The molecule has 284 valence electrons. The van der Waals surface area contributed by atoms with Crippen LogP contribution < -0.4 is 0 Å². The number of ether oxygens (including phenoxy) is 2. The third-order valence-electron chi connectivity index (χ3n) is 8.58. The molecule has 0 aliphatic rings. The number of carbonyl (C=O) groups excluding carboxylic acids is 2. The molecule has 0 aliphatic heterocycles. The molecule has 0 radical (unpaired) electrons. The van der Waals surface area contributed by atoms with E-state index in [1.54, 1.807) is 6.08 Å². The summed E-state index contributed by atoms with van der Waals surface area (Å²) in [6, 6.07) is 0. The fraction of sp³-hybridized carbons (Fsp3) is 0.767. The minimum absolute atomic E-state index is 0.156. The number of rotatable bonds is 35. The Hall–Kier alpha value is -2.18. The van der Waals surface area contributed by atoms with Crippen LogP contribution in [0.15, 0.2) is 48.6 Å². The molecular weight excluding hydrogens is 612 g/mol. The maximum absolute atomic E-state index is 12.0. The van der Waals surface area contributed by atoms with Crippen LogP contribution in [0.2, 0.25) is 0 Å². The van der Waals surface area contributed by atoms with Gasteiger partial charge in [-0.1, -0.05) is 172 Å². The molecule has 49 heavy (non-hydrogen) atoms. The second-order valence-corrected chi connectivity index (χ2v) is 14.1. The summed E-state index contributed by atoms with van der Waals surface area (Å²) >= 11 is 0. The Balaban J connectivity index is 3.60. The van der Waals surface area contributed by atoms with Crippen molar-refractivity contribution in [2.24, 2.45) is 5.92 Å². The Labute approximate surface area is 301 Å². The predicted molar refractivity (Wildman–Crippen MR) is 206 cm³/mol. The zero-order valence-corrected chi connectivity index (χ0v) is 32.0. The molecule has 0 saturated heterocycles. The first-order valence-corrected chi connectivity index (χ1v) is 20.2. The highest BCUT2D eigenvalue weighted by molar-refractivity contribution is 5.69. The Kier molecular flexibility index (Phi) is 35.4. The number of esters is 2. The summed E-state index contributed by atoms with van der Waals surface area (Å²) in [4.78, 5) is 23.9. The van der Waals surface area contributed by atoms with Crippen molar-refractivity contribution in [3.8, 4) is 0 Å². The third-order valence-corrected chi connectivity index (χ3v) is 8.58. The summed E-state index contributed by atoms with van der Waals surface area (Å²) in [5.41, 5.74) is 0. The van der Waals surface area contributed by atoms with E-state index in [2.05, 4.69) is 39.0 Å². The first-order chi connectivity index (χ1) is 23.8. The van der Waals surface area contributed by atoms with E-state index >= 15 is 0 Å². The summed E-state index contributed by atoms with van der Waals surface area (Å²) < 4.78 is 10.3. The second kappa shape index (κ2) is 37.1. The van der Waals surface area contributed by atoms with Gasteiger partial charge in [0.25, 0.3) is 0 Å². The highest BCUT2D eigenvalue weighted by Gasteiger charge is 2.12. The van der Waals surface area contributed by atoms with Gasteiger partial charge in [0.05, 0.1) is 6.10 Å². The molecule has 0 rings (SSSR count). The van der Waals surface area contributed by atoms with Crippen LogP contribution in [0.4, 0.5) is 0 Å². The Bertz CT molecular complexity index is 858. The normalized spacial score (nSPS) is 13.4. The smallest absolute Gasteiger partial charge is 0.305 e. The lowest BCUT2D eigenvalue weighted by atomic mass is 10.0. The van der Waals surface area contributed by atoms with Crippen molar-refractivity contribution in [1.82, 2.24) is 0 Å². The zero-order chi connectivity index (χ0) is 36.0. The number of hydrogen-bond donors (Lipinski definition) is 2. The first-order valence-electron chi connectivity index (χ1n) is 20.2. The Morgan fingerprint density at radius 1 is 0.571 bits per heavy atom. The summed E-state index contributed by atoms with van der Waals surface area (Å²) in [6.45, 7) is 6.50. The minimum Gasteiger partial charge on any atom is -0.463 e. The molecule has 2 N–H and O–H groups in total. The molecule has 0 spiro atoms. The van der Waals surface area contributed by atoms with Gasteiger partial charge in [-0.25, -0.2) is 0 Å². The van der Waals surface area contributed by atoms with Crippen molar-refractivity contribution in [2.75, 3.05) is 13.2 Å². The zero-order valence-electron chi connectivity index (χ0n) is 32.0. The number of allylic oxidation sites excluding steroid dienone is 6. The van der Waals surface area contributed by atoms with Crippen molar-refractivity contribution in [3.63, 3.8) is 0 Å². The van der Waals surface area contributed by atoms with Gasteiger partial charge >= 0.3 is 11.9 Å². The lowest BCUT2D eigenvalue weighted by Crippen LogP contribution is -2.25. The van der Waals surface area contributed by atoms with Crippen LogP contribution in [0, 0.1) is 5.92 Å². The summed E-state index contributed by atoms with van der Waals surface area (Å²) in [5.74, 6) is 0.155. The van der Waals surface area contributed by atoms with Gasteiger partial charge in [-0.05, 0) is 50.9 Å². The molecule has 0 saturated carbocycles. The van der Waals surface area contributed by atoms with Crippen LogP contribution in [0.5, 0.6) is 0 Å². The Morgan fingerprint density at radius 3 is 1.65 bits per heavy atom. The van der Waals surface area contributed by atoms with Gasteiger partial charge in [0.1, 0.15) is 19.3 Å². The van der Waals surface area contributed by atoms with Crippen molar-refractivity contribution in [3.05, 3.63) is 48.6 Å². The van der Waals surface area contributed by atoms with Crippen LogP contribution >= 0.6 is 0 Å². The SMILES string of the molecule is CCCCC/C=C\C/C=C\CC(O)/C=C\C=C\CCCC(=O)OC[C@@H](O)COC(=O)CCCCCCCCCCCCCCCCC(C)C. The average molecular weight is 689 g/mol. The molecule has 0 heterocycles. The van der Waals surface area contributed by atoms with E-state index < -0.39 is 12.2 Å². The predicted octanol–water partition coefficient (Wildman–Crippen LogP) is 11.4. The molecule has 6 nitrogen and oxygen atoms in total. The molecule has 0 bridgehead atoms. The number of aliphatic hydroxyl groups excluding tert-OH is 2. The quantitative estimate of drug-likeness (QED) is 0.0298. The molecule has 2 atom stereocenters. The molecule has 0 aliphatic carbocycles. The van der Waals surface area contributed by atoms with Crippen molar-refractivity contribution in [2.45, 2.75) is 193 Å². The van der Waals surface area contributed by atoms with Crippen LogP contribution in [-0.2, 0) is 19.1 Å². The van der Waals surface area contributed by atoms with E-state index in [9.17, 15) is 19.8 Å². The standard InChI is InChI=1S/C43H76O6/c1-4-5-6-7-8-15-19-23-28-33-40(44)34-29-24-21-26-31-36-43(47)49-38-41(45)37-48-42(46)35-30-25-20-17-14-12-10-9-11-13-16-18-22-27-32-39(2)3/h8,15,21,23-24,28-29,34,39-41,44-45H,4-7,9-14,16-20,22,25-27,30-33,35-38H2,1-3H3/b15-8-,24-21+,28-23-,34-29-/t40?,41-/m0/s1. The van der Waals surface area contributed by atoms with Gasteiger partial charge in [-0.3, -0.25) is 9.59 Å². The molecule has 6 heteroatoms. The average Bonchev–Trinajstić information content (AvgIpc) is 3.08. The molecule has 0 aromatic heterocycles. The van der Waals surface area contributed by atoms with E-state index in [1.807, 2.05) is 24.3 Å². The lowest BCUT2D eigenvalue weighted by molar-refractivity contribution is -0.152. The van der Waals surface area contributed by atoms with E-state index in [1.165, 1.54) is 96.3 Å². The van der Waals surface area contributed by atoms with E-state index in [0.29, 0.717) is 25.7 Å². The molecule has 0 aromatic rings. The van der Waals surface area contributed by atoms with Gasteiger partial charge in [0.2, 0.25) is 0 Å². The topological polar surface area (TPSA) is 93.1 Å². The number of aliphatic hydroxyl groups is 2. The van der Waals surface area contributed by atoms with E-state index in [-0.39, 0.29) is 31.6 Å². The highest BCUT2D eigenvalue weighted by Crippen LogP contribution is 2.15. The molecule has 0 fully saturated rings. The fourth-order valence-electron chi connectivity index (χ4n) is 5.46. The van der Waals surface area contributed by atoms with Crippen molar-refractivity contribution >= 4 is 11.9 Å². The first kappa shape index (κ1) is 46.8. The van der Waals surface area contributed by atoms with Crippen molar-refractivity contribution in [1.29, 1.82) is 0 Å². The molecule has 0 aromatic carbocycles. The van der Waals surface area contributed by atoms with Gasteiger partial charge < -0.3 is 19.7 Å². The summed E-state index contributed by atoms with van der Waals surface area (Å²) in [5, 5.41) is 20.0. The van der Waals surface area contributed by atoms with E-state index in [4.69, 9.17) is 9.47 Å². The van der Waals surface area contributed by atoms with Crippen LogP contribution in [0.3, 0.4) is 0 Å². The lowest BCUT2D eigenvalue weighted by Gasteiger charge is -2.12. The van der Waals surface area contributed by atoms with Gasteiger partial charge in [-0.2, -0.15) is 0 Å². The minimum atomic E-state index is -1.01. The number of unbranched alkanes of at least 4 members (excludes halogenated alkanes) is 17. The number of carbonyl (C=O) groups is 2. The van der Waals surface area contributed by atoms with E-state index in [0.717, 1.165) is 38.0 Å². The highest BCUT2D eigenvalue weighted by atomic mass is 16.6. The van der Waals surface area contributed by atoms with Crippen LogP contribution in [0.25, 0.3) is 0 Å². The van der Waals surface area contributed by atoms with Gasteiger partial charge in [-0.15, -0.1) is 0 Å². The fourth-order valence-corrected chi connectivity index (χ4v) is 5.46. The second-order valence-electron chi connectivity index (χ2n) is 14.1. The largest absolute Gasteiger partial charge is 0.463 e. The molecule has 0 amide bonds. The maximum atomic E-state index is 12.0. The maximum Gasteiger partial charge on any atom is 0.305 e.